The van der Waals surface area contributed by atoms with Crippen molar-refractivity contribution in [1.82, 2.24) is 10.2 Å². The average molecular weight is 286 g/mol. The van der Waals surface area contributed by atoms with Crippen LogP contribution in [0.1, 0.15) is 59.8 Å². The molecule has 0 saturated carbocycles. The molecule has 0 aromatic heterocycles. The van der Waals surface area contributed by atoms with Crippen LogP contribution in [0.3, 0.4) is 0 Å². The summed E-state index contributed by atoms with van der Waals surface area (Å²) in [6.45, 7) is 10.8. The Balaban J connectivity index is 4.68. The molecule has 0 radical (unpaired) electrons. The van der Waals surface area contributed by atoms with Crippen LogP contribution in [0.4, 0.5) is 0 Å². The molecule has 2 unspecified atom stereocenters. The fourth-order valence-corrected chi connectivity index (χ4v) is 2.51. The number of carbonyl (C=O) groups is 1. The van der Waals surface area contributed by atoms with Crippen LogP contribution in [0.5, 0.6) is 0 Å². The van der Waals surface area contributed by atoms with E-state index in [0.29, 0.717) is 6.04 Å². The molecule has 0 saturated heterocycles. The summed E-state index contributed by atoms with van der Waals surface area (Å²) in [6.07, 6.45) is 5.60. The smallest absolute Gasteiger partial charge is 0.325 e. The zero-order chi connectivity index (χ0) is 15.6. The molecule has 0 spiro atoms. The number of hydrogen-bond donors (Lipinski definition) is 1. The molecule has 0 fully saturated rings. The number of methoxy groups -OCH3 is 1. The van der Waals surface area contributed by atoms with Crippen LogP contribution < -0.4 is 5.32 Å². The number of nitrogens with one attached hydrogen (secondary N) is 1. The molecular weight excluding hydrogens is 252 g/mol. The van der Waals surface area contributed by atoms with Crippen LogP contribution in [0, 0.1) is 0 Å². The number of carbonyl (C=O) groups excluding carboxylic acids is 1. The summed E-state index contributed by atoms with van der Waals surface area (Å²) in [5.41, 5.74) is -0.606. The number of rotatable bonds is 11. The highest BCUT2D eigenvalue weighted by molar-refractivity contribution is 5.80. The van der Waals surface area contributed by atoms with Gasteiger partial charge in [-0.2, -0.15) is 0 Å². The quantitative estimate of drug-likeness (QED) is 0.593. The number of unbranched alkanes of at least 4 members (excludes halogenated alkanes) is 2. The van der Waals surface area contributed by atoms with Gasteiger partial charge in [0.1, 0.15) is 5.54 Å². The lowest BCUT2D eigenvalue weighted by Crippen LogP contribution is -2.52. The fraction of sp³-hybridized carbons (Fsp3) is 0.938. The van der Waals surface area contributed by atoms with E-state index >= 15 is 0 Å². The minimum Gasteiger partial charge on any atom is -0.468 e. The highest BCUT2D eigenvalue weighted by Gasteiger charge is 2.35. The lowest BCUT2D eigenvalue weighted by molar-refractivity contribution is -0.148. The zero-order valence-electron chi connectivity index (χ0n) is 14.3. The van der Waals surface area contributed by atoms with Gasteiger partial charge in [-0.05, 0) is 53.2 Å². The SMILES string of the molecule is CCCCN(CCCC)C(C)CC(C)(NC)C(=O)OC. The van der Waals surface area contributed by atoms with Crippen molar-refractivity contribution in [3.05, 3.63) is 0 Å². The molecule has 1 N–H and O–H groups in total. The minimum atomic E-state index is -0.606. The van der Waals surface area contributed by atoms with Gasteiger partial charge in [-0.25, -0.2) is 0 Å². The Labute approximate surface area is 125 Å². The molecule has 4 nitrogen and oxygen atoms in total. The first kappa shape index (κ1) is 19.4. The summed E-state index contributed by atoms with van der Waals surface area (Å²) < 4.78 is 4.93. The van der Waals surface area contributed by atoms with E-state index < -0.39 is 5.54 Å². The third-order valence-corrected chi connectivity index (χ3v) is 4.11. The van der Waals surface area contributed by atoms with Crippen molar-refractivity contribution in [1.29, 1.82) is 0 Å². The summed E-state index contributed by atoms with van der Waals surface area (Å²) >= 11 is 0. The Kier molecular flexibility index (Phi) is 9.86. The standard InChI is InChI=1S/C16H34N2O2/c1-7-9-11-18(12-10-8-2)14(3)13-16(4,17-5)15(19)20-6/h14,17H,7-13H2,1-6H3. The highest BCUT2D eigenvalue weighted by atomic mass is 16.5. The van der Waals surface area contributed by atoms with Gasteiger partial charge in [-0.15, -0.1) is 0 Å². The molecule has 2 atom stereocenters. The van der Waals surface area contributed by atoms with Crippen LogP contribution in [-0.2, 0) is 9.53 Å². The first-order valence-corrected chi connectivity index (χ1v) is 7.96. The first-order chi connectivity index (χ1) is 9.45. The van der Waals surface area contributed by atoms with Crippen molar-refractivity contribution < 1.29 is 9.53 Å². The monoisotopic (exact) mass is 286 g/mol. The van der Waals surface area contributed by atoms with E-state index in [2.05, 4.69) is 31.0 Å². The van der Waals surface area contributed by atoms with Crippen molar-refractivity contribution in [2.75, 3.05) is 27.2 Å². The van der Waals surface area contributed by atoms with E-state index in [0.717, 1.165) is 19.5 Å². The Morgan fingerprint density at radius 2 is 1.75 bits per heavy atom. The molecule has 0 heterocycles. The first-order valence-electron chi connectivity index (χ1n) is 7.96. The molecule has 0 bridgehead atoms. The molecular formula is C16H34N2O2. The lowest BCUT2D eigenvalue weighted by atomic mass is 9.92. The Morgan fingerprint density at radius 3 is 2.10 bits per heavy atom. The van der Waals surface area contributed by atoms with E-state index in [1.54, 1.807) is 0 Å². The van der Waals surface area contributed by atoms with Crippen LogP contribution in [-0.4, -0.2) is 49.7 Å². The molecule has 120 valence electrons. The third kappa shape index (κ3) is 6.23. The number of nitrogens with zero attached hydrogens (tertiary/aromatic N) is 1. The van der Waals surface area contributed by atoms with Crippen LogP contribution >= 0.6 is 0 Å². The minimum absolute atomic E-state index is 0.183. The third-order valence-electron chi connectivity index (χ3n) is 4.11. The lowest BCUT2D eigenvalue weighted by Gasteiger charge is -2.35. The number of likely N-dealkylation sites (N-methyl/N-ethyl adjacent to an activating group) is 1. The second kappa shape index (κ2) is 10.2. The Morgan fingerprint density at radius 1 is 1.25 bits per heavy atom. The normalized spacial score (nSPS) is 15.9. The fourth-order valence-electron chi connectivity index (χ4n) is 2.51. The second-order valence-corrected chi connectivity index (χ2v) is 5.87. The van der Waals surface area contributed by atoms with Gasteiger partial charge in [-0.3, -0.25) is 4.79 Å². The van der Waals surface area contributed by atoms with E-state index in [-0.39, 0.29) is 5.97 Å². The van der Waals surface area contributed by atoms with Crippen LogP contribution in [0.2, 0.25) is 0 Å². The average Bonchev–Trinajstić information content (AvgIpc) is 2.46. The maximum atomic E-state index is 11.9. The number of ether oxygens (including phenoxy) is 1. The van der Waals surface area contributed by atoms with E-state index in [9.17, 15) is 4.79 Å². The zero-order valence-corrected chi connectivity index (χ0v) is 14.3. The van der Waals surface area contributed by atoms with E-state index in [1.165, 1.54) is 32.8 Å². The van der Waals surface area contributed by atoms with Gasteiger partial charge in [0.25, 0.3) is 0 Å². The molecule has 0 aliphatic rings. The predicted octanol–water partition coefficient (Wildman–Crippen LogP) is 2.82. The second-order valence-electron chi connectivity index (χ2n) is 5.87. The summed E-state index contributed by atoms with van der Waals surface area (Å²) in [5.74, 6) is -0.183. The van der Waals surface area contributed by atoms with Gasteiger partial charge >= 0.3 is 5.97 Å². The summed E-state index contributed by atoms with van der Waals surface area (Å²) in [5, 5.41) is 3.13. The molecule has 0 aromatic carbocycles. The van der Waals surface area contributed by atoms with Gasteiger partial charge in [0, 0.05) is 6.04 Å². The number of esters is 1. The van der Waals surface area contributed by atoms with Crippen molar-refractivity contribution in [3.63, 3.8) is 0 Å². The largest absolute Gasteiger partial charge is 0.468 e. The van der Waals surface area contributed by atoms with Gasteiger partial charge < -0.3 is 15.0 Å². The molecule has 4 heteroatoms. The van der Waals surface area contributed by atoms with Crippen LogP contribution in [0.15, 0.2) is 0 Å². The summed E-state index contributed by atoms with van der Waals surface area (Å²) in [7, 11) is 3.28. The van der Waals surface area contributed by atoms with E-state index in [1.807, 2.05) is 14.0 Å². The van der Waals surface area contributed by atoms with Gasteiger partial charge in [0.2, 0.25) is 0 Å². The van der Waals surface area contributed by atoms with Gasteiger partial charge in [0.05, 0.1) is 7.11 Å². The topological polar surface area (TPSA) is 41.6 Å². The molecule has 0 amide bonds. The molecule has 0 rings (SSSR count). The Bertz CT molecular complexity index is 263. The van der Waals surface area contributed by atoms with Gasteiger partial charge in [-0.1, -0.05) is 26.7 Å². The maximum absolute atomic E-state index is 11.9. The number of hydrogen-bond acceptors (Lipinski definition) is 4. The summed E-state index contributed by atoms with van der Waals surface area (Å²) in [6, 6.07) is 0.365. The van der Waals surface area contributed by atoms with Crippen molar-refractivity contribution >= 4 is 5.97 Å². The molecule has 0 aromatic rings. The van der Waals surface area contributed by atoms with Crippen LogP contribution in [0.25, 0.3) is 0 Å². The maximum Gasteiger partial charge on any atom is 0.325 e. The highest BCUT2D eigenvalue weighted by Crippen LogP contribution is 2.18. The molecule has 20 heavy (non-hydrogen) atoms. The molecule has 0 aliphatic carbocycles. The Hall–Kier alpha value is -0.610. The van der Waals surface area contributed by atoms with Crippen molar-refractivity contribution in [2.45, 2.75) is 71.4 Å². The summed E-state index contributed by atoms with van der Waals surface area (Å²) in [4.78, 5) is 14.5. The van der Waals surface area contributed by atoms with E-state index in [4.69, 9.17) is 4.74 Å². The van der Waals surface area contributed by atoms with Crippen molar-refractivity contribution in [2.24, 2.45) is 0 Å². The van der Waals surface area contributed by atoms with Gasteiger partial charge in [0.15, 0.2) is 0 Å². The van der Waals surface area contributed by atoms with Crippen molar-refractivity contribution in [3.8, 4) is 0 Å². The predicted molar refractivity (Wildman–Crippen MR) is 84.9 cm³/mol. The molecule has 0 aliphatic heterocycles.